The van der Waals surface area contributed by atoms with Gasteiger partial charge in [0.15, 0.2) is 0 Å². The maximum absolute atomic E-state index is 13.4. The van der Waals surface area contributed by atoms with E-state index < -0.39 is 0 Å². The zero-order chi connectivity index (χ0) is 22.4. The fraction of sp³-hybridized carbons (Fsp3) is 0.571. The Hall–Kier alpha value is -2.60. The van der Waals surface area contributed by atoms with Gasteiger partial charge in [-0.2, -0.15) is 15.0 Å². The van der Waals surface area contributed by atoms with Gasteiger partial charge in [0, 0.05) is 32.8 Å². The smallest absolute Gasteiger partial charge is 0.229 e. The number of halogens is 1. The van der Waals surface area contributed by atoms with E-state index in [2.05, 4.69) is 30.9 Å². The van der Waals surface area contributed by atoms with E-state index in [9.17, 15) is 4.39 Å². The summed E-state index contributed by atoms with van der Waals surface area (Å²) in [7, 11) is 0. The molecule has 0 amide bonds. The largest absolute Gasteiger partial charge is 0.378 e. The summed E-state index contributed by atoms with van der Waals surface area (Å²) in [5, 5.41) is 9.49. The summed E-state index contributed by atoms with van der Waals surface area (Å²) in [5.74, 6) is 0.961. The normalized spacial score (nSPS) is 15.6. The minimum absolute atomic E-state index is 0.154. The first-order valence-electron chi connectivity index (χ1n) is 10.9. The van der Waals surface area contributed by atoms with Crippen LogP contribution in [-0.4, -0.2) is 73.7 Å². The van der Waals surface area contributed by atoms with Crippen LogP contribution >= 0.6 is 0 Å². The molecule has 0 radical (unpaired) electrons. The summed E-state index contributed by atoms with van der Waals surface area (Å²) in [6.07, 6.45) is 2.23. The lowest BCUT2D eigenvalue weighted by Gasteiger charge is -2.13. The van der Waals surface area contributed by atoms with Crippen LogP contribution in [0.25, 0.3) is 0 Å². The molecule has 10 nitrogen and oxygen atoms in total. The lowest BCUT2D eigenvalue weighted by atomic mass is 10.2. The summed E-state index contributed by atoms with van der Waals surface area (Å²) >= 11 is 0. The van der Waals surface area contributed by atoms with Gasteiger partial charge in [-0.05, 0) is 30.5 Å². The number of benzene rings is 1. The number of hydrogen-bond acceptors (Lipinski definition) is 10. The Labute approximate surface area is 187 Å². The first-order chi connectivity index (χ1) is 15.7. The fourth-order valence-corrected chi connectivity index (χ4v) is 3.09. The molecule has 0 aliphatic carbocycles. The van der Waals surface area contributed by atoms with Crippen LogP contribution in [-0.2, 0) is 20.8 Å². The Balaban J connectivity index is 1.53. The highest BCUT2D eigenvalue weighted by atomic mass is 19.1. The second kappa shape index (κ2) is 13.7. The molecule has 0 spiro atoms. The van der Waals surface area contributed by atoms with Crippen molar-refractivity contribution < 1.29 is 18.6 Å². The van der Waals surface area contributed by atoms with Crippen molar-refractivity contribution in [3.63, 3.8) is 0 Å². The minimum atomic E-state index is -0.283. The summed E-state index contributed by atoms with van der Waals surface area (Å²) < 4.78 is 29.9. The van der Waals surface area contributed by atoms with Crippen LogP contribution in [0.4, 0.5) is 22.2 Å². The van der Waals surface area contributed by atoms with Gasteiger partial charge in [0.1, 0.15) is 5.82 Å². The van der Waals surface area contributed by atoms with E-state index in [-0.39, 0.29) is 11.9 Å². The van der Waals surface area contributed by atoms with Crippen molar-refractivity contribution in [2.45, 2.75) is 25.5 Å². The number of aromatic nitrogens is 3. The van der Waals surface area contributed by atoms with E-state index in [0.29, 0.717) is 70.5 Å². The average molecular weight is 450 g/mol. The highest BCUT2D eigenvalue weighted by molar-refractivity contribution is 5.42. The molecule has 2 heterocycles. The fourth-order valence-electron chi connectivity index (χ4n) is 3.09. The van der Waals surface area contributed by atoms with Gasteiger partial charge in [0.05, 0.1) is 32.5 Å². The SMILES string of the molecule is NCCOCCOCCNc1nc(NCc2cccc(F)c2)nc(NCC2CCCO2)n1. The monoisotopic (exact) mass is 449 g/mol. The third-order valence-electron chi connectivity index (χ3n) is 4.65. The Morgan fingerprint density at radius 2 is 1.75 bits per heavy atom. The zero-order valence-electron chi connectivity index (χ0n) is 18.2. The van der Waals surface area contributed by atoms with Gasteiger partial charge in [-0.15, -0.1) is 0 Å². The standard InChI is InChI=1S/C21H32FN7O3/c22-17-4-1-3-16(13-17)14-25-20-27-19(24-7-10-31-12-11-30-9-6-23)28-21(29-20)26-15-18-5-2-8-32-18/h1,3-4,13,18H,2,5-12,14-15,23H2,(H3,24,25,26,27,28,29). The van der Waals surface area contributed by atoms with E-state index in [0.717, 1.165) is 25.0 Å². The summed E-state index contributed by atoms with van der Waals surface area (Å²) in [6, 6.07) is 6.39. The topological polar surface area (TPSA) is 128 Å². The molecule has 1 atom stereocenters. The molecule has 1 unspecified atom stereocenters. The van der Waals surface area contributed by atoms with Gasteiger partial charge >= 0.3 is 0 Å². The van der Waals surface area contributed by atoms with Crippen molar-refractivity contribution in [3.8, 4) is 0 Å². The van der Waals surface area contributed by atoms with Crippen molar-refractivity contribution in [1.82, 2.24) is 15.0 Å². The van der Waals surface area contributed by atoms with Gasteiger partial charge < -0.3 is 35.9 Å². The van der Waals surface area contributed by atoms with E-state index in [1.165, 1.54) is 12.1 Å². The van der Waals surface area contributed by atoms with Crippen LogP contribution < -0.4 is 21.7 Å². The maximum atomic E-state index is 13.4. The maximum Gasteiger partial charge on any atom is 0.229 e. The highest BCUT2D eigenvalue weighted by Gasteiger charge is 2.16. The molecular formula is C21H32FN7O3. The number of nitrogens with one attached hydrogen (secondary N) is 3. The number of rotatable bonds is 15. The molecule has 0 bridgehead atoms. The number of nitrogens with zero attached hydrogens (tertiary/aromatic N) is 3. The molecule has 1 aliphatic rings. The van der Waals surface area contributed by atoms with Crippen LogP contribution in [0, 0.1) is 5.82 Å². The van der Waals surface area contributed by atoms with Crippen molar-refractivity contribution in [2.75, 3.05) is 68.6 Å². The van der Waals surface area contributed by atoms with E-state index >= 15 is 0 Å². The minimum Gasteiger partial charge on any atom is -0.378 e. The molecule has 1 aromatic carbocycles. The Morgan fingerprint density at radius 1 is 1.00 bits per heavy atom. The van der Waals surface area contributed by atoms with Gasteiger partial charge in [-0.25, -0.2) is 4.39 Å². The third kappa shape index (κ3) is 8.87. The number of ether oxygens (including phenoxy) is 3. The Morgan fingerprint density at radius 3 is 2.47 bits per heavy atom. The molecule has 1 saturated heterocycles. The molecule has 0 saturated carbocycles. The quantitative estimate of drug-likeness (QED) is 0.298. The Bertz CT molecular complexity index is 809. The summed E-state index contributed by atoms with van der Waals surface area (Å²) in [4.78, 5) is 13.3. The van der Waals surface area contributed by atoms with Crippen LogP contribution in [0.3, 0.4) is 0 Å². The van der Waals surface area contributed by atoms with Crippen molar-refractivity contribution in [3.05, 3.63) is 35.6 Å². The molecule has 3 rings (SSSR count). The van der Waals surface area contributed by atoms with Gasteiger partial charge in [0.25, 0.3) is 0 Å². The van der Waals surface area contributed by atoms with Crippen LogP contribution in [0.15, 0.2) is 24.3 Å². The number of anilines is 3. The molecule has 1 aliphatic heterocycles. The van der Waals surface area contributed by atoms with Gasteiger partial charge in [-0.3, -0.25) is 0 Å². The Kier molecular flexibility index (Phi) is 10.3. The molecule has 11 heteroatoms. The first kappa shape index (κ1) is 24.1. The number of hydrogen-bond donors (Lipinski definition) is 4. The predicted molar refractivity (Wildman–Crippen MR) is 120 cm³/mol. The van der Waals surface area contributed by atoms with E-state index in [1.54, 1.807) is 6.07 Å². The molecule has 1 aromatic heterocycles. The predicted octanol–water partition coefficient (Wildman–Crippen LogP) is 1.62. The van der Waals surface area contributed by atoms with Crippen LogP contribution in [0.1, 0.15) is 18.4 Å². The van der Waals surface area contributed by atoms with Gasteiger partial charge in [0.2, 0.25) is 17.8 Å². The molecule has 176 valence electrons. The van der Waals surface area contributed by atoms with Crippen LogP contribution in [0.5, 0.6) is 0 Å². The lowest BCUT2D eigenvalue weighted by molar-refractivity contribution is 0.0547. The second-order valence-corrected chi connectivity index (χ2v) is 7.25. The summed E-state index contributed by atoms with van der Waals surface area (Å²) in [6.45, 7) is 4.82. The van der Waals surface area contributed by atoms with Crippen LogP contribution in [0.2, 0.25) is 0 Å². The van der Waals surface area contributed by atoms with Crippen molar-refractivity contribution in [1.29, 1.82) is 0 Å². The number of nitrogens with two attached hydrogens (primary N) is 1. The zero-order valence-corrected chi connectivity index (χ0v) is 18.2. The third-order valence-corrected chi connectivity index (χ3v) is 4.65. The summed E-state index contributed by atoms with van der Waals surface area (Å²) in [5.41, 5.74) is 6.16. The van der Waals surface area contributed by atoms with Crippen molar-refractivity contribution >= 4 is 17.8 Å². The highest BCUT2D eigenvalue weighted by Crippen LogP contribution is 2.15. The van der Waals surface area contributed by atoms with Gasteiger partial charge in [-0.1, -0.05) is 12.1 Å². The van der Waals surface area contributed by atoms with E-state index in [1.807, 2.05) is 6.07 Å². The molecular weight excluding hydrogens is 417 g/mol. The average Bonchev–Trinajstić information content (AvgIpc) is 3.32. The first-order valence-corrected chi connectivity index (χ1v) is 10.9. The van der Waals surface area contributed by atoms with Crippen molar-refractivity contribution in [2.24, 2.45) is 5.73 Å². The molecule has 5 N–H and O–H groups in total. The molecule has 32 heavy (non-hydrogen) atoms. The van der Waals surface area contributed by atoms with E-state index in [4.69, 9.17) is 19.9 Å². The molecule has 1 fully saturated rings. The lowest BCUT2D eigenvalue weighted by Crippen LogP contribution is -2.21. The molecule has 2 aromatic rings. The second-order valence-electron chi connectivity index (χ2n) is 7.25.